The largest absolute Gasteiger partial charge is 0.494 e. The summed E-state index contributed by atoms with van der Waals surface area (Å²) in [5, 5.41) is 20.3. The van der Waals surface area contributed by atoms with Crippen LogP contribution in [0.4, 0.5) is 0 Å². The van der Waals surface area contributed by atoms with Crippen molar-refractivity contribution in [3.05, 3.63) is 104 Å². The molecule has 0 aliphatic carbocycles. The Balaban J connectivity index is 1.65. The lowest BCUT2D eigenvalue weighted by Gasteiger charge is -2.18. The van der Waals surface area contributed by atoms with Gasteiger partial charge in [-0.15, -0.1) is 10.2 Å². The molecule has 192 valence electrons. The summed E-state index contributed by atoms with van der Waals surface area (Å²) in [6.07, 6.45) is 0. The van der Waals surface area contributed by atoms with Gasteiger partial charge in [0.05, 0.1) is 6.61 Å². The third kappa shape index (κ3) is 6.90. The molecule has 0 unspecified atom stereocenters. The summed E-state index contributed by atoms with van der Waals surface area (Å²) in [7, 11) is 0. The van der Waals surface area contributed by atoms with Crippen LogP contribution in [0.2, 0.25) is 0 Å². The zero-order chi connectivity index (χ0) is 26.4. The minimum atomic E-state index is -0.564. The number of halogens is 1. The average Bonchev–Trinajstić information content (AvgIpc) is 3.24. The van der Waals surface area contributed by atoms with Crippen LogP contribution in [-0.4, -0.2) is 32.8 Å². The highest BCUT2D eigenvalue weighted by molar-refractivity contribution is 9.10. The maximum absolute atomic E-state index is 11.7. The van der Waals surface area contributed by atoms with Gasteiger partial charge in [-0.1, -0.05) is 57.5 Å². The summed E-state index contributed by atoms with van der Waals surface area (Å²) in [6.45, 7) is 6.44. The second-order valence-electron chi connectivity index (χ2n) is 8.37. The number of hydrogen-bond donors (Lipinski definition) is 0. The van der Waals surface area contributed by atoms with Gasteiger partial charge in [0.1, 0.15) is 29.2 Å². The Hall–Kier alpha value is -3.37. The van der Waals surface area contributed by atoms with Crippen molar-refractivity contribution in [1.29, 1.82) is 0 Å². The number of hydrogen-bond acceptors (Lipinski definition) is 7. The van der Waals surface area contributed by atoms with Crippen molar-refractivity contribution in [3.63, 3.8) is 0 Å². The number of nitrogens with zero attached hydrogens (tertiary/aromatic N) is 4. The molecule has 0 radical (unpaired) electrons. The maximum Gasteiger partial charge on any atom is 0.220 e. The molecule has 0 spiro atoms. The van der Waals surface area contributed by atoms with Crippen molar-refractivity contribution in [1.82, 2.24) is 14.8 Å². The van der Waals surface area contributed by atoms with E-state index in [0.29, 0.717) is 35.5 Å². The van der Waals surface area contributed by atoms with E-state index in [2.05, 4.69) is 26.1 Å². The molecule has 3 aromatic carbocycles. The fraction of sp³-hybridized carbons (Fsp3) is 0.259. The normalized spacial score (nSPS) is 11.8. The Morgan fingerprint density at radius 3 is 2.43 bits per heavy atom. The van der Waals surface area contributed by atoms with Crippen LogP contribution in [0.3, 0.4) is 0 Å². The number of thioether (sulfide) groups is 1. The van der Waals surface area contributed by atoms with Crippen LogP contribution in [0, 0.1) is 24.0 Å². The lowest BCUT2D eigenvalue weighted by Crippen LogP contribution is -2.12. The molecule has 37 heavy (non-hydrogen) atoms. The maximum atomic E-state index is 11.7. The topological polar surface area (TPSA) is 92.3 Å². The minimum absolute atomic E-state index is 0.308. The first-order chi connectivity index (χ1) is 17.8. The molecule has 0 fully saturated rings. The molecule has 4 rings (SSSR count). The van der Waals surface area contributed by atoms with Crippen LogP contribution in [0.15, 0.2) is 76.4 Å². The zero-order valence-electron chi connectivity index (χ0n) is 20.8. The van der Waals surface area contributed by atoms with Crippen molar-refractivity contribution >= 4 is 27.7 Å². The second kappa shape index (κ2) is 12.2. The first kappa shape index (κ1) is 26.7. The van der Waals surface area contributed by atoms with Gasteiger partial charge in [0.15, 0.2) is 5.16 Å². The fourth-order valence-electron chi connectivity index (χ4n) is 3.78. The Morgan fingerprint density at radius 2 is 1.76 bits per heavy atom. The molecule has 0 saturated carbocycles. The lowest BCUT2D eigenvalue weighted by atomic mass is 10.1. The van der Waals surface area contributed by atoms with Gasteiger partial charge in [0.25, 0.3) is 0 Å². The van der Waals surface area contributed by atoms with Gasteiger partial charge in [-0.3, -0.25) is 14.7 Å². The SMILES string of the molecule is CCOc1ccc(-n2c(C)nnc2S[C@@H](C[N+](=O)[O-])c2cc(Br)ccc2OCc2ccc(C)cc2)cc1. The van der Waals surface area contributed by atoms with E-state index in [1.54, 1.807) is 0 Å². The van der Waals surface area contributed by atoms with Crippen LogP contribution in [0.5, 0.6) is 11.5 Å². The van der Waals surface area contributed by atoms with E-state index in [1.165, 1.54) is 17.3 Å². The molecule has 0 bridgehead atoms. The van der Waals surface area contributed by atoms with E-state index in [1.807, 2.05) is 92.1 Å². The molecule has 1 atom stereocenters. The van der Waals surface area contributed by atoms with Crippen LogP contribution < -0.4 is 9.47 Å². The van der Waals surface area contributed by atoms with Gasteiger partial charge in [-0.25, -0.2) is 0 Å². The number of nitro groups is 1. The molecule has 8 nitrogen and oxygen atoms in total. The first-order valence-electron chi connectivity index (χ1n) is 11.8. The molecular weight excluding hydrogens is 556 g/mol. The Kier molecular flexibility index (Phi) is 8.83. The lowest BCUT2D eigenvalue weighted by molar-refractivity contribution is -0.479. The van der Waals surface area contributed by atoms with Crippen molar-refractivity contribution < 1.29 is 14.4 Å². The first-order valence-corrected chi connectivity index (χ1v) is 13.4. The Bertz CT molecular complexity index is 1360. The third-order valence-electron chi connectivity index (χ3n) is 5.60. The van der Waals surface area contributed by atoms with Gasteiger partial charge in [0, 0.05) is 20.6 Å². The molecule has 0 N–H and O–H groups in total. The molecular formula is C27H27BrN4O4S. The second-order valence-corrected chi connectivity index (χ2v) is 10.5. The van der Waals surface area contributed by atoms with Gasteiger partial charge in [-0.2, -0.15) is 0 Å². The fourth-order valence-corrected chi connectivity index (χ4v) is 5.36. The van der Waals surface area contributed by atoms with E-state index in [0.717, 1.165) is 21.5 Å². The van der Waals surface area contributed by atoms with Crippen molar-refractivity contribution in [2.45, 2.75) is 37.8 Å². The average molecular weight is 584 g/mol. The van der Waals surface area contributed by atoms with Crippen molar-refractivity contribution in [2.24, 2.45) is 0 Å². The standard InChI is InChI=1S/C27H27BrN4O4S/c1-4-35-23-12-10-22(11-13-23)32-19(3)29-30-27(32)37-26(16-31(33)34)24-15-21(28)9-14-25(24)36-17-20-7-5-18(2)6-8-20/h5-15,26H,4,16-17H2,1-3H3/t26-/m0/s1. The number of aromatic nitrogens is 3. The smallest absolute Gasteiger partial charge is 0.220 e. The molecule has 0 saturated heterocycles. The molecule has 0 amide bonds. The highest BCUT2D eigenvalue weighted by Crippen LogP contribution is 2.41. The summed E-state index contributed by atoms with van der Waals surface area (Å²) >= 11 is 4.80. The molecule has 0 aliphatic heterocycles. The summed E-state index contributed by atoms with van der Waals surface area (Å²) in [4.78, 5) is 11.4. The number of aryl methyl sites for hydroxylation is 2. The van der Waals surface area contributed by atoms with E-state index >= 15 is 0 Å². The quantitative estimate of drug-likeness (QED) is 0.110. The predicted molar refractivity (Wildman–Crippen MR) is 147 cm³/mol. The monoisotopic (exact) mass is 582 g/mol. The molecule has 1 aromatic heterocycles. The Labute approximate surface area is 228 Å². The van der Waals surface area contributed by atoms with Gasteiger partial charge in [-0.05, 0) is 68.8 Å². The van der Waals surface area contributed by atoms with E-state index < -0.39 is 5.25 Å². The summed E-state index contributed by atoms with van der Waals surface area (Å²) in [6, 6.07) is 21.3. The number of benzene rings is 3. The van der Waals surface area contributed by atoms with Gasteiger partial charge >= 0.3 is 0 Å². The molecule has 0 aliphatic rings. The molecule has 1 heterocycles. The van der Waals surface area contributed by atoms with Crippen LogP contribution in [-0.2, 0) is 6.61 Å². The van der Waals surface area contributed by atoms with Crippen LogP contribution in [0.25, 0.3) is 5.69 Å². The zero-order valence-corrected chi connectivity index (χ0v) is 23.2. The molecule has 4 aromatic rings. The van der Waals surface area contributed by atoms with Gasteiger partial charge < -0.3 is 9.47 Å². The predicted octanol–water partition coefficient (Wildman–Crippen LogP) is 6.73. The van der Waals surface area contributed by atoms with Crippen LogP contribution >= 0.6 is 27.7 Å². The highest BCUT2D eigenvalue weighted by Gasteiger charge is 2.27. The summed E-state index contributed by atoms with van der Waals surface area (Å²) < 4.78 is 14.4. The summed E-state index contributed by atoms with van der Waals surface area (Å²) in [5.74, 6) is 2.03. The van der Waals surface area contributed by atoms with Crippen molar-refractivity contribution in [2.75, 3.05) is 13.2 Å². The van der Waals surface area contributed by atoms with Crippen molar-refractivity contribution in [3.8, 4) is 17.2 Å². The highest BCUT2D eigenvalue weighted by atomic mass is 79.9. The third-order valence-corrected chi connectivity index (χ3v) is 7.25. The Morgan fingerprint density at radius 1 is 1.03 bits per heavy atom. The van der Waals surface area contributed by atoms with E-state index in [9.17, 15) is 10.1 Å². The van der Waals surface area contributed by atoms with Gasteiger partial charge in [0.2, 0.25) is 6.54 Å². The van der Waals surface area contributed by atoms with Crippen LogP contribution in [0.1, 0.15) is 34.7 Å². The molecule has 10 heteroatoms. The van der Waals surface area contributed by atoms with E-state index in [-0.39, 0.29) is 11.5 Å². The number of ether oxygens (including phenoxy) is 2. The minimum Gasteiger partial charge on any atom is -0.494 e. The van der Waals surface area contributed by atoms with E-state index in [4.69, 9.17) is 9.47 Å². The summed E-state index contributed by atoms with van der Waals surface area (Å²) in [5.41, 5.74) is 3.74. The number of rotatable bonds is 11.